The van der Waals surface area contributed by atoms with E-state index in [0.717, 1.165) is 6.54 Å². The second-order valence-corrected chi connectivity index (χ2v) is 3.87. The van der Waals surface area contributed by atoms with E-state index >= 15 is 0 Å². The molecular weight excluding hydrogens is 204 g/mol. The lowest BCUT2D eigenvalue weighted by atomic mass is 10.4. The second kappa shape index (κ2) is 5.51. The number of hydrogen-bond donors (Lipinski definition) is 2. The molecule has 1 aliphatic rings. The number of amides is 1. The van der Waals surface area contributed by atoms with Crippen molar-refractivity contribution in [2.75, 3.05) is 13.1 Å². The number of rotatable bonds is 6. The van der Waals surface area contributed by atoms with E-state index in [-0.39, 0.29) is 5.91 Å². The zero-order chi connectivity index (χ0) is 11.2. The Hall–Kier alpha value is -1.55. The summed E-state index contributed by atoms with van der Waals surface area (Å²) in [6, 6.07) is 4.28. The molecule has 0 saturated heterocycles. The van der Waals surface area contributed by atoms with Gasteiger partial charge in [-0.2, -0.15) is 0 Å². The molecule has 2 N–H and O–H groups in total. The van der Waals surface area contributed by atoms with Crippen molar-refractivity contribution in [1.29, 1.82) is 0 Å². The van der Waals surface area contributed by atoms with Gasteiger partial charge in [-0.3, -0.25) is 4.79 Å². The van der Waals surface area contributed by atoms with Crippen LogP contribution in [-0.2, 0) is 4.79 Å². The Morgan fingerprint density at radius 3 is 3.06 bits per heavy atom. The Labute approximate surface area is 94.7 Å². The van der Waals surface area contributed by atoms with Crippen molar-refractivity contribution in [3.63, 3.8) is 0 Å². The molecule has 0 radical (unpaired) electrons. The van der Waals surface area contributed by atoms with Gasteiger partial charge in [0.1, 0.15) is 5.76 Å². The topological polar surface area (TPSA) is 54.3 Å². The lowest BCUT2D eigenvalue weighted by Crippen LogP contribution is -2.31. The quantitative estimate of drug-likeness (QED) is 0.558. The molecular formula is C12H16N2O2. The van der Waals surface area contributed by atoms with Crippen molar-refractivity contribution in [2.24, 2.45) is 0 Å². The van der Waals surface area contributed by atoms with Gasteiger partial charge in [0.15, 0.2) is 0 Å². The first-order valence-corrected chi connectivity index (χ1v) is 5.57. The van der Waals surface area contributed by atoms with Crippen LogP contribution in [0.25, 0.3) is 6.08 Å². The highest BCUT2D eigenvalue weighted by Crippen LogP contribution is 2.17. The Bertz CT molecular complexity index is 353. The van der Waals surface area contributed by atoms with Gasteiger partial charge in [0.05, 0.1) is 6.26 Å². The molecule has 1 aromatic rings. The van der Waals surface area contributed by atoms with Crippen molar-refractivity contribution in [3.05, 3.63) is 30.2 Å². The van der Waals surface area contributed by atoms with E-state index in [2.05, 4.69) is 10.6 Å². The standard InChI is InChI=1S/C12H16N2O2/c15-12(6-5-11-2-1-9-16-11)14-8-7-13-10-3-4-10/h1-2,5-6,9-10,13H,3-4,7-8H2,(H,14,15). The first kappa shape index (κ1) is 11.0. The van der Waals surface area contributed by atoms with Crippen molar-refractivity contribution in [1.82, 2.24) is 10.6 Å². The smallest absolute Gasteiger partial charge is 0.244 e. The van der Waals surface area contributed by atoms with Crippen molar-refractivity contribution in [3.8, 4) is 0 Å². The zero-order valence-electron chi connectivity index (χ0n) is 9.11. The van der Waals surface area contributed by atoms with Crippen LogP contribution in [0.5, 0.6) is 0 Å². The zero-order valence-corrected chi connectivity index (χ0v) is 9.11. The molecule has 1 amide bonds. The Kier molecular flexibility index (Phi) is 3.77. The predicted molar refractivity (Wildman–Crippen MR) is 61.8 cm³/mol. The maximum absolute atomic E-state index is 11.3. The minimum atomic E-state index is -0.0889. The molecule has 1 aromatic heterocycles. The third-order valence-electron chi connectivity index (χ3n) is 2.38. The van der Waals surface area contributed by atoms with Crippen LogP contribution < -0.4 is 10.6 Å². The van der Waals surface area contributed by atoms with E-state index < -0.39 is 0 Å². The number of carbonyl (C=O) groups is 1. The second-order valence-electron chi connectivity index (χ2n) is 3.87. The first-order valence-electron chi connectivity index (χ1n) is 5.57. The molecule has 0 unspecified atom stereocenters. The number of nitrogens with one attached hydrogen (secondary N) is 2. The molecule has 1 saturated carbocycles. The van der Waals surface area contributed by atoms with E-state index in [9.17, 15) is 4.79 Å². The molecule has 4 nitrogen and oxygen atoms in total. The highest BCUT2D eigenvalue weighted by atomic mass is 16.3. The molecule has 0 atom stereocenters. The van der Waals surface area contributed by atoms with Gasteiger partial charge >= 0.3 is 0 Å². The summed E-state index contributed by atoms with van der Waals surface area (Å²) < 4.78 is 5.07. The van der Waals surface area contributed by atoms with E-state index in [0.29, 0.717) is 18.3 Å². The van der Waals surface area contributed by atoms with Gasteiger partial charge in [-0.1, -0.05) is 0 Å². The molecule has 0 aromatic carbocycles. The fourth-order valence-corrected chi connectivity index (χ4v) is 1.35. The monoisotopic (exact) mass is 220 g/mol. The van der Waals surface area contributed by atoms with Gasteiger partial charge in [0.25, 0.3) is 0 Å². The van der Waals surface area contributed by atoms with Gasteiger partial charge in [0, 0.05) is 25.2 Å². The maximum Gasteiger partial charge on any atom is 0.244 e. The fraction of sp³-hybridized carbons (Fsp3) is 0.417. The highest BCUT2D eigenvalue weighted by Gasteiger charge is 2.19. The molecule has 1 aliphatic carbocycles. The molecule has 0 bridgehead atoms. The summed E-state index contributed by atoms with van der Waals surface area (Å²) in [6.07, 6.45) is 7.26. The van der Waals surface area contributed by atoms with Crippen LogP contribution in [-0.4, -0.2) is 25.0 Å². The fourth-order valence-electron chi connectivity index (χ4n) is 1.35. The van der Waals surface area contributed by atoms with E-state index in [1.54, 1.807) is 24.5 Å². The van der Waals surface area contributed by atoms with Crippen molar-refractivity contribution < 1.29 is 9.21 Å². The summed E-state index contributed by atoms with van der Waals surface area (Å²) in [5.41, 5.74) is 0. The van der Waals surface area contributed by atoms with Crippen LogP contribution in [0.3, 0.4) is 0 Å². The normalized spacial score (nSPS) is 15.5. The summed E-state index contributed by atoms with van der Waals surface area (Å²) in [5, 5.41) is 6.12. The lowest BCUT2D eigenvalue weighted by Gasteiger charge is -2.02. The van der Waals surface area contributed by atoms with E-state index in [1.807, 2.05) is 0 Å². The summed E-state index contributed by atoms with van der Waals surface area (Å²) in [7, 11) is 0. The SMILES string of the molecule is O=C(C=Cc1ccco1)NCCNC1CC1. The third-order valence-corrected chi connectivity index (χ3v) is 2.38. The summed E-state index contributed by atoms with van der Waals surface area (Å²) in [5.74, 6) is 0.597. The number of carbonyl (C=O) groups excluding carboxylic acids is 1. The van der Waals surface area contributed by atoms with E-state index in [4.69, 9.17) is 4.42 Å². The van der Waals surface area contributed by atoms with Crippen LogP contribution >= 0.6 is 0 Å². The van der Waals surface area contributed by atoms with Gasteiger partial charge < -0.3 is 15.1 Å². The lowest BCUT2D eigenvalue weighted by molar-refractivity contribution is -0.116. The molecule has 0 aliphatic heterocycles. The number of furan rings is 1. The minimum Gasteiger partial charge on any atom is -0.465 e. The first-order chi connectivity index (χ1) is 7.84. The van der Waals surface area contributed by atoms with Crippen molar-refractivity contribution in [2.45, 2.75) is 18.9 Å². The van der Waals surface area contributed by atoms with Gasteiger partial charge in [-0.15, -0.1) is 0 Å². The van der Waals surface area contributed by atoms with E-state index in [1.165, 1.54) is 18.9 Å². The largest absolute Gasteiger partial charge is 0.465 e. The van der Waals surface area contributed by atoms with Gasteiger partial charge in [-0.25, -0.2) is 0 Å². The van der Waals surface area contributed by atoms with Crippen LogP contribution in [0.4, 0.5) is 0 Å². The molecule has 4 heteroatoms. The maximum atomic E-state index is 11.3. The molecule has 16 heavy (non-hydrogen) atoms. The average Bonchev–Trinajstić information content (AvgIpc) is 2.96. The molecule has 1 fully saturated rings. The summed E-state index contributed by atoms with van der Waals surface area (Å²) in [6.45, 7) is 1.50. The van der Waals surface area contributed by atoms with Crippen LogP contribution in [0.15, 0.2) is 28.9 Å². The Balaban J connectivity index is 1.59. The van der Waals surface area contributed by atoms with Crippen LogP contribution in [0, 0.1) is 0 Å². The molecule has 86 valence electrons. The third kappa shape index (κ3) is 3.90. The van der Waals surface area contributed by atoms with Crippen LogP contribution in [0.2, 0.25) is 0 Å². The summed E-state index contributed by atoms with van der Waals surface area (Å²) >= 11 is 0. The highest BCUT2D eigenvalue weighted by molar-refractivity contribution is 5.91. The van der Waals surface area contributed by atoms with Crippen molar-refractivity contribution >= 4 is 12.0 Å². The average molecular weight is 220 g/mol. The number of hydrogen-bond acceptors (Lipinski definition) is 3. The van der Waals surface area contributed by atoms with Gasteiger partial charge in [0.2, 0.25) is 5.91 Å². The summed E-state index contributed by atoms with van der Waals surface area (Å²) in [4.78, 5) is 11.3. The molecule has 1 heterocycles. The van der Waals surface area contributed by atoms with Gasteiger partial charge in [-0.05, 0) is 31.1 Å². The molecule has 2 rings (SSSR count). The minimum absolute atomic E-state index is 0.0889. The Morgan fingerprint density at radius 1 is 1.50 bits per heavy atom. The Morgan fingerprint density at radius 2 is 2.38 bits per heavy atom. The predicted octanol–water partition coefficient (Wildman–Crippen LogP) is 1.16. The molecule has 0 spiro atoms. The van der Waals surface area contributed by atoms with Crippen LogP contribution in [0.1, 0.15) is 18.6 Å².